The van der Waals surface area contributed by atoms with Crippen molar-refractivity contribution in [3.63, 3.8) is 0 Å². The van der Waals surface area contributed by atoms with E-state index >= 15 is 0 Å². The van der Waals surface area contributed by atoms with Crippen LogP contribution in [-0.4, -0.2) is 65.6 Å². The number of halogens is 1. The number of amides is 2. The van der Waals surface area contributed by atoms with Gasteiger partial charge >= 0.3 is 6.09 Å². The fourth-order valence-corrected chi connectivity index (χ4v) is 3.73. The highest BCUT2D eigenvalue weighted by atomic mass is 32.1. The molecule has 0 saturated carbocycles. The highest BCUT2D eigenvalue weighted by molar-refractivity contribution is 7.22. The van der Waals surface area contributed by atoms with Crippen molar-refractivity contribution in [2.45, 2.75) is 19.9 Å². The largest absolute Gasteiger partial charge is 0.450 e. The maximum absolute atomic E-state index is 13.3. The number of nitrogens with zero attached hydrogens (tertiary/aromatic N) is 3. The Morgan fingerprint density at radius 1 is 1.35 bits per heavy atom. The van der Waals surface area contributed by atoms with Crippen molar-refractivity contribution in [2.24, 2.45) is 0 Å². The van der Waals surface area contributed by atoms with Crippen molar-refractivity contribution >= 4 is 38.7 Å². The number of carbonyl (C=O) groups excluding carboxylic acids is 2. The van der Waals surface area contributed by atoms with Crippen LogP contribution in [0.1, 0.15) is 13.8 Å². The molecule has 1 fully saturated rings. The normalized spacial score (nSPS) is 16.5. The Kier molecular flexibility index (Phi) is 5.67. The molecule has 1 atom stereocenters. The van der Waals surface area contributed by atoms with Gasteiger partial charge < -0.3 is 15.0 Å². The van der Waals surface area contributed by atoms with Gasteiger partial charge in [0.05, 0.1) is 22.9 Å². The molecule has 1 aromatic heterocycles. The van der Waals surface area contributed by atoms with Gasteiger partial charge in [0, 0.05) is 26.2 Å². The average Bonchev–Trinajstić information content (AvgIpc) is 3.02. The summed E-state index contributed by atoms with van der Waals surface area (Å²) in [6, 6.07) is 3.98. The topological polar surface area (TPSA) is 74.8 Å². The zero-order valence-corrected chi connectivity index (χ0v) is 15.5. The van der Waals surface area contributed by atoms with Crippen LogP contribution < -0.4 is 5.32 Å². The highest BCUT2D eigenvalue weighted by Gasteiger charge is 2.28. The lowest BCUT2D eigenvalue weighted by Crippen LogP contribution is -2.54. The molecule has 1 N–H and O–H groups in total. The van der Waals surface area contributed by atoms with Gasteiger partial charge in [-0.05, 0) is 32.0 Å². The zero-order valence-electron chi connectivity index (χ0n) is 14.7. The Bertz CT molecular complexity index is 804. The molecule has 1 aliphatic heterocycles. The molecule has 140 valence electrons. The van der Waals surface area contributed by atoms with Crippen molar-refractivity contribution < 1.29 is 18.7 Å². The van der Waals surface area contributed by atoms with E-state index < -0.39 is 0 Å². The van der Waals surface area contributed by atoms with Gasteiger partial charge in [-0.15, -0.1) is 0 Å². The Labute approximate surface area is 154 Å². The average molecular weight is 380 g/mol. The van der Waals surface area contributed by atoms with Crippen LogP contribution in [-0.2, 0) is 9.53 Å². The minimum Gasteiger partial charge on any atom is -0.450 e. The molecule has 0 aliphatic carbocycles. The first kappa shape index (κ1) is 18.5. The third kappa shape index (κ3) is 4.10. The van der Waals surface area contributed by atoms with Crippen LogP contribution in [0.3, 0.4) is 0 Å². The molecular weight excluding hydrogens is 359 g/mol. The zero-order chi connectivity index (χ0) is 18.7. The number of fused-ring (bicyclic) bond motifs is 1. The van der Waals surface area contributed by atoms with Gasteiger partial charge in [-0.2, -0.15) is 0 Å². The molecule has 2 heterocycles. The lowest BCUT2D eigenvalue weighted by atomic mass is 10.2. The second-order valence-corrected chi connectivity index (χ2v) is 7.05. The van der Waals surface area contributed by atoms with E-state index in [0.29, 0.717) is 48.1 Å². The molecular formula is C17H21FN4O3S. The number of anilines is 1. The minimum atomic E-state index is -0.358. The predicted molar refractivity (Wildman–Crippen MR) is 97.8 cm³/mol. The number of rotatable bonds is 4. The summed E-state index contributed by atoms with van der Waals surface area (Å²) in [5, 5.41) is 3.25. The molecule has 2 amide bonds. The first-order valence-corrected chi connectivity index (χ1v) is 9.32. The molecule has 1 aliphatic rings. The molecule has 2 aromatic rings. The Hall–Kier alpha value is -2.26. The van der Waals surface area contributed by atoms with Crippen molar-refractivity contribution in [1.82, 2.24) is 14.8 Å². The smallest absolute Gasteiger partial charge is 0.409 e. The van der Waals surface area contributed by atoms with Gasteiger partial charge in [0.1, 0.15) is 5.82 Å². The van der Waals surface area contributed by atoms with Crippen LogP contribution in [0.4, 0.5) is 14.3 Å². The van der Waals surface area contributed by atoms with E-state index in [0.717, 1.165) is 0 Å². The molecule has 26 heavy (non-hydrogen) atoms. The van der Waals surface area contributed by atoms with Crippen LogP contribution in [0, 0.1) is 5.82 Å². The highest BCUT2D eigenvalue weighted by Crippen LogP contribution is 2.26. The molecule has 0 bridgehead atoms. The SMILES string of the molecule is CCOC(=O)N1CCN(C(C)C(=O)Nc2nc3ccc(F)cc3s2)CC1. The molecule has 1 saturated heterocycles. The predicted octanol–water partition coefficient (Wildman–Crippen LogP) is 2.54. The fourth-order valence-electron chi connectivity index (χ4n) is 2.83. The third-order valence-corrected chi connectivity index (χ3v) is 5.28. The fraction of sp³-hybridized carbons (Fsp3) is 0.471. The summed E-state index contributed by atoms with van der Waals surface area (Å²) >= 11 is 1.24. The number of thiazole rings is 1. The van der Waals surface area contributed by atoms with Crippen LogP contribution in [0.5, 0.6) is 0 Å². The quantitative estimate of drug-likeness (QED) is 0.882. The van der Waals surface area contributed by atoms with Crippen molar-refractivity contribution in [3.05, 3.63) is 24.0 Å². The molecule has 0 spiro atoms. The van der Waals surface area contributed by atoms with E-state index in [1.54, 1.807) is 17.9 Å². The van der Waals surface area contributed by atoms with Gasteiger partial charge in [0.25, 0.3) is 0 Å². The van der Waals surface area contributed by atoms with E-state index in [1.165, 1.54) is 23.5 Å². The standard InChI is InChI=1S/C17H21FN4O3S/c1-3-25-17(24)22-8-6-21(7-9-22)11(2)15(23)20-16-19-13-5-4-12(18)10-14(13)26-16/h4-5,10-11H,3,6-9H2,1-2H3,(H,19,20,23). The van der Waals surface area contributed by atoms with Gasteiger partial charge in [-0.3, -0.25) is 9.69 Å². The van der Waals surface area contributed by atoms with E-state index in [9.17, 15) is 14.0 Å². The first-order chi connectivity index (χ1) is 12.5. The number of carbonyl (C=O) groups is 2. The van der Waals surface area contributed by atoms with E-state index in [4.69, 9.17) is 4.74 Å². The Morgan fingerprint density at radius 2 is 2.08 bits per heavy atom. The monoisotopic (exact) mass is 380 g/mol. The van der Waals surface area contributed by atoms with E-state index in [2.05, 4.69) is 10.3 Å². The second kappa shape index (κ2) is 7.96. The van der Waals surface area contributed by atoms with E-state index in [1.807, 2.05) is 11.8 Å². The number of nitrogens with one attached hydrogen (secondary N) is 1. The minimum absolute atomic E-state index is 0.172. The summed E-state index contributed by atoms with van der Waals surface area (Å²) in [6.45, 7) is 6.19. The first-order valence-electron chi connectivity index (χ1n) is 8.50. The summed E-state index contributed by atoms with van der Waals surface area (Å²) in [7, 11) is 0. The summed E-state index contributed by atoms with van der Waals surface area (Å²) in [5.74, 6) is -0.499. The Morgan fingerprint density at radius 3 is 2.77 bits per heavy atom. The summed E-state index contributed by atoms with van der Waals surface area (Å²) in [5.41, 5.74) is 0.655. The maximum Gasteiger partial charge on any atom is 0.409 e. The molecule has 1 aromatic carbocycles. The van der Waals surface area contributed by atoms with Gasteiger partial charge in [-0.25, -0.2) is 14.2 Å². The molecule has 7 nitrogen and oxygen atoms in total. The van der Waals surface area contributed by atoms with Crippen LogP contribution in [0.15, 0.2) is 18.2 Å². The third-order valence-electron chi connectivity index (χ3n) is 4.35. The molecule has 9 heteroatoms. The summed E-state index contributed by atoms with van der Waals surface area (Å²) in [4.78, 5) is 32.2. The molecule has 1 unspecified atom stereocenters. The lowest BCUT2D eigenvalue weighted by molar-refractivity contribution is -0.121. The van der Waals surface area contributed by atoms with E-state index in [-0.39, 0.29) is 23.9 Å². The van der Waals surface area contributed by atoms with Gasteiger partial charge in [-0.1, -0.05) is 11.3 Å². The number of piperazine rings is 1. The summed E-state index contributed by atoms with van der Waals surface area (Å²) < 4.78 is 19.0. The van der Waals surface area contributed by atoms with Crippen molar-refractivity contribution in [3.8, 4) is 0 Å². The summed E-state index contributed by atoms with van der Waals surface area (Å²) in [6.07, 6.45) is -0.314. The van der Waals surface area contributed by atoms with Gasteiger partial charge in [0.15, 0.2) is 5.13 Å². The Balaban J connectivity index is 1.57. The van der Waals surface area contributed by atoms with Crippen molar-refractivity contribution in [2.75, 3.05) is 38.1 Å². The number of benzene rings is 1. The van der Waals surface area contributed by atoms with Crippen molar-refractivity contribution in [1.29, 1.82) is 0 Å². The lowest BCUT2D eigenvalue weighted by Gasteiger charge is -2.36. The van der Waals surface area contributed by atoms with Crippen LogP contribution in [0.2, 0.25) is 0 Å². The number of hydrogen-bond acceptors (Lipinski definition) is 6. The van der Waals surface area contributed by atoms with Gasteiger partial charge in [0.2, 0.25) is 5.91 Å². The van der Waals surface area contributed by atoms with Crippen LogP contribution >= 0.6 is 11.3 Å². The molecule has 0 radical (unpaired) electrons. The number of hydrogen-bond donors (Lipinski definition) is 1. The number of ether oxygens (including phenoxy) is 1. The number of aromatic nitrogens is 1. The van der Waals surface area contributed by atoms with Crippen LogP contribution in [0.25, 0.3) is 10.2 Å². The second-order valence-electron chi connectivity index (χ2n) is 6.02. The maximum atomic E-state index is 13.3. The molecule has 3 rings (SSSR count).